The van der Waals surface area contributed by atoms with Gasteiger partial charge >= 0.3 is 0 Å². The second-order valence-corrected chi connectivity index (χ2v) is 9.67. The van der Waals surface area contributed by atoms with Gasteiger partial charge < -0.3 is 14.8 Å². The van der Waals surface area contributed by atoms with E-state index in [1.807, 2.05) is 29.0 Å². The van der Waals surface area contributed by atoms with Crippen molar-refractivity contribution >= 4 is 27.6 Å². The number of ether oxygens (including phenoxy) is 2. The first kappa shape index (κ1) is 25.9. The maximum atomic E-state index is 14.3. The summed E-state index contributed by atoms with van der Waals surface area (Å²) in [5, 5.41) is 8.95. The molecule has 11 heteroatoms. The topological polar surface area (TPSA) is 99.3 Å². The molecule has 1 N–H and O–H groups in total. The van der Waals surface area contributed by atoms with E-state index in [0.29, 0.717) is 35.7 Å². The Balaban J connectivity index is 1.23. The van der Waals surface area contributed by atoms with Crippen molar-refractivity contribution in [3.05, 3.63) is 82.8 Å². The van der Waals surface area contributed by atoms with Crippen molar-refractivity contribution in [1.82, 2.24) is 29.2 Å². The molecule has 0 unspecified atom stereocenters. The summed E-state index contributed by atoms with van der Waals surface area (Å²) in [6.45, 7) is 4.97. The molecule has 6 rings (SSSR count). The monoisotopic (exact) mass is 543 g/mol. The fourth-order valence-electron chi connectivity index (χ4n) is 5.05. The van der Waals surface area contributed by atoms with E-state index in [9.17, 15) is 9.18 Å². The summed E-state index contributed by atoms with van der Waals surface area (Å²) in [5.74, 6) is 0.863. The Labute approximate surface area is 230 Å². The molecular weight excluding hydrogens is 513 g/mol. The predicted octanol–water partition coefficient (Wildman–Crippen LogP) is 3.26. The van der Waals surface area contributed by atoms with Crippen LogP contribution in [-0.4, -0.2) is 75.7 Å². The SMILES string of the molecule is COc1cnc2c(NCCn3nc(-n4cc(CCN5CCOCC5)c5ccc(F)cc54)ccc3=O)ccnc2c1. The summed E-state index contributed by atoms with van der Waals surface area (Å²) in [7, 11) is 1.59. The van der Waals surface area contributed by atoms with Crippen molar-refractivity contribution in [2.75, 3.05) is 51.8 Å². The van der Waals surface area contributed by atoms with E-state index in [1.165, 1.54) is 22.9 Å². The molecule has 4 aromatic heterocycles. The molecule has 0 saturated carbocycles. The zero-order chi connectivity index (χ0) is 27.5. The maximum absolute atomic E-state index is 14.3. The molecule has 10 nitrogen and oxygen atoms in total. The van der Waals surface area contributed by atoms with Gasteiger partial charge in [-0.25, -0.2) is 14.1 Å². The van der Waals surface area contributed by atoms with Gasteiger partial charge in [-0.15, -0.1) is 0 Å². The van der Waals surface area contributed by atoms with Crippen LogP contribution in [0.3, 0.4) is 0 Å². The number of anilines is 1. The molecular formula is C29H30FN7O3. The maximum Gasteiger partial charge on any atom is 0.266 e. The Bertz CT molecular complexity index is 1710. The lowest BCUT2D eigenvalue weighted by atomic mass is 10.1. The van der Waals surface area contributed by atoms with Crippen LogP contribution >= 0.6 is 0 Å². The molecule has 206 valence electrons. The first-order chi connectivity index (χ1) is 19.6. The summed E-state index contributed by atoms with van der Waals surface area (Å²) in [6, 6.07) is 11.7. The smallest absolute Gasteiger partial charge is 0.266 e. The van der Waals surface area contributed by atoms with Crippen molar-refractivity contribution in [3.8, 4) is 11.6 Å². The molecule has 0 spiro atoms. The number of hydrogen-bond donors (Lipinski definition) is 1. The molecule has 1 aliphatic rings. The highest BCUT2D eigenvalue weighted by Crippen LogP contribution is 2.26. The Kier molecular flexibility index (Phi) is 7.39. The first-order valence-corrected chi connectivity index (χ1v) is 13.3. The molecule has 0 bridgehead atoms. The molecule has 5 heterocycles. The average Bonchev–Trinajstić information content (AvgIpc) is 3.34. The Hall–Kier alpha value is -4.35. The van der Waals surface area contributed by atoms with Crippen LogP contribution in [0.1, 0.15) is 5.56 Å². The molecule has 0 amide bonds. The van der Waals surface area contributed by atoms with Crippen molar-refractivity contribution < 1.29 is 13.9 Å². The van der Waals surface area contributed by atoms with Crippen LogP contribution in [0.5, 0.6) is 5.75 Å². The van der Waals surface area contributed by atoms with Gasteiger partial charge in [0.2, 0.25) is 0 Å². The molecule has 1 fully saturated rings. The van der Waals surface area contributed by atoms with Crippen molar-refractivity contribution in [3.63, 3.8) is 0 Å². The lowest BCUT2D eigenvalue weighted by Gasteiger charge is -2.26. The number of benzene rings is 1. The molecule has 40 heavy (non-hydrogen) atoms. The number of hydrogen-bond acceptors (Lipinski definition) is 8. The molecule has 1 aromatic carbocycles. The van der Waals surface area contributed by atoms with Crippen molar-refractivity contribution in [2.24, 2.45) is 0 Å². The van der Waals surface area contributed by atoms with Gasteiger partial charge in [-0.3, -0.25) is 19.2 Å². The molecule has 5 aromatic rings. The van der Waals surface area contributed by atoms with Crippen LogP contribution in [0, 0.1) is 5.82 Å². The third-order valence-electron chi connectivity index (χ3n) is 7.18. The van der Waals surface area contributed by atoms with E-state index in [4.69, 9.17) is 9.47 Å². The second kappa shape index (κ2) is 11.4. The van der Waals surface area contributed by atoms with Crippen LogP contribution in [0.4, 0.5) is 10.1 Å². The third kappa shape index (κ3) is 5.38. The summed E-state index contributed by atoms with van der Waals surface area (Å²) in [6.07, 6.45) is 6.16. The number of aromatic nitrogens is 5. The first-order valence-electron chi connectivity index (χ1n) is 13.3. The Morgan fingerprint density at radius 3 is 2.80 bits per heavy atom. The van der Waals surface area contributed by atoms with Crippen LogP contribution in [0.2, 0.25) is 0 Å². The largest absolute Gasteiger partial charge is 0.495 e. The molecule has 1 saturated heterocycles. The average molecular weight is 544 g/mol. The third-order valence-corrected chi connectivity index (χ3v) is 7.18. The number of methoxy groups -OCH3 is 1. The molecule has 0 radical (unpaired) electrons. The molecule has 0 atom stereocenters. The lowest BCUT2D eigenvalue weighted by Crippen LogP contribution is -2.37. The van der Waals surface area contributed by atoms with Gasteiger partial charge in [0.05, 0.1) is 49.8 Å². The minimum absolute atomic E-state index is 0.219. The minimum Gasteiger partial charge on any atom is -0.495 e. The van der Waals surface area contributed by atoms with Gasteiger partial charge in [0.1, 0.15) is 17.1 Å². The van der Waals surface area contributed by atoms with Gasteiger partial charge in [-0.05, 0) is 42.3 Å². The van der Waals surface area contributed by atoms with Gasteiger partial charge in [-0.2, -0.15) is 5.10 Å². The van der Waals surface area contributed by atoms with Gasteiger partial charge in [0.25, 0.3) is 5.56 Å². The number of fused-ring (bicyclic) bond motifs is 2. The van der Waals surface area contributed by atoms with Crippen LogP contribution in [-0.2, 0) is 17.7 Å². The quantitative estimate of drug-likeness (QED) is 0.303. The highest BCUT2D eigenvalue weighted by molar-refractivity contribution is 5.88. The Morgan fingerprint density at radius 2 is 1.95 bits per heavy atom. The van der Waals surface area contributed by atoms with Crippen LogP contribution in [0.25, 0.3) is 27.8 Å². The standard InChI is InChI=1S/C29H30FN7O3/c1-39-22-17-25-29(33-18-22)24(6-8-31-25)32-9-11-37-28(38)5-4-27(34-37)36-19-20(7-10-35-12-14-40-15-13-35)23-3-2-21(30)16-26(23)36/h2-6,8,16-19H,7,9-15H2,1H3,(H,31,32). The summed E-state index contributed by atoms with van der Waals surface area (Å²) >= 11 is 0. The molecule has 1 aliphatic heterocycles. The van der Waals surface area contributed by atoms with E-state index in [1.54, 1.807) is 25.6 Å². The number of nitrogens with zero attached hydrogens (tertiary/aromatic N) is 6. The summed E-state index contributed by atoms with van der Waals surface area (Å²) in [4.78, 5) is 23.9. The fourth-order valence-corrected chi connectivity index (χ4v) is 5.05. The van der Waals surface area contributed by atoms with E-state index < -0.39 is 0 Å². The van der Waals surface area contributed by atoms with Crippen molar-refractivity contribution in [2.45, 2.75) is 13.0 Å². The highest BCUT2D eigenvalue weighted by Gasteiger charge is 2.16. The number of nitrogens with one attached hydrogen (secondary N) is 1. The van der Waals surface area contributed by atoms with E-state index in [2.05, 4.69) is 25.3 Å². The highest BCUT2D eigenvalue weighted by atomic mass is 19.1. The minimum atomic E-state index is -0.320. The number of halogens is 1. The lowest BCUT2D eigenvalue weighted by molar-refractivity contribution is 0.0385. The molecule has 0 aliphatic carbocycles. The number of rotatable bonds is 9. The van der Waals surface area contributed by atoms with E-state index in [0.717, 1.165) is 61.4 Å². The van der Waals surface area contributed by atoms with Gasteiger partial charge in [0.15, 0.2) is 5.82 Å². The zero-order valence-electron chi connectivity index (χ0n) is 22.2. The normalized spacial score (nSPS) is 14.2. The van der Waals surface area contributed by atoms with E-state index in [-0.39, 0.29) is 11.4 Å². The number of morpholine rings is 1. The summed E-state index contributed by atoms with van der Waals surface area (Å²) in [5.41, 5.74) is 3.83. The second-order valence-electron chi connectivity index (χ2n) is 9.67. The number of pyridine rings is 2. The van der Waals surface area contributed by atoms with Gasteiger partial charge in [-0.1, -0.05) is 0 Å². The Morgan fingerprint density at radius 1 is 1.07 bits per heavy atom. The van der Waals surface area contributed by atoms with Crippen molar-refractivity contribution in [1.29, 1.82) is 0 Å². The van der Waals surface area contributed by atoms with Crippen LogP contribution < -0.4 is 15.6 Å². The summed E-state index contributed by atoms with van der Waals surface area (Å²) < 4.78 is 28.3. The predicted molar refractivity (Wildman–Crippen MR) is 151 cm³/mol. The zero-order valence-corrected chi connectivity index (χ0v) is 22.2. The van der Waals surface area contributed by atoms with E-state index >= 15 is 0 Å². The fraction of sp³-hybridized carbons (Fsp3) is 0.310. The van der Waals surface area contributed by atoms with Crippen LogP contribution in [0.15, 0.2) is 65.8 Å². The van der Waals surface area contributed by atoms with Gasteiger partial charge in [0, 0.05) is 56.1 Å².